The number of aliphatic hydroxyl groups excluding tert-OH is 1. The van der Waals surface area contributed by atoms with Crippen LogP contribution in [0.1, 0.15) is 5.56 Å². The maximum Gasteiger partial charge on any atom is 0.262 e. The first-order valence-electron chi connectivity index (χ1n) is 6.02. The van der Waals surface area contributed by atoms with Crippen molar-refractivity contribution in [3.63, 3.8) is 0 Å². The Hall–Kier alpha value is -1.57. The van der Waals surface area contributed by atoms with Crippen LogP contribution in [0.25, 0.3) is 0 Å². The molecule has 0 saturated heterocycles. The number of thioether (sulfide) groups is 1. The molecule has 0 aliphatic carbocycles. The molecule has 0 aliphatic rings. The third-order valence-corrected chi connectivity index (χ3v) is 5.00. The maximum atomic E-state index is 13.3. The van der Waals surface area contributed by atoms with E-state index in [0.717, 1.165) is 17.0 Å². The van der Waals surface area contributed by atoms with Crippen LogP contribution >= 0.6 is 11.8 Å². The molecule has 0 bridgehead atoms. The van der Waals surface area contributed by atoms with Crippen molar-refractivity contribution in [3.05, 3.63) is 53.8 Å². The summed E-state index contributed by atoms with van der Waals surface area (Å²) in [4.78, 5) is 0.636. The fourth-order valence-electron chi connectivity index (χ4n) is 1.81. The second kappa shape index (κ2) is 6.46. The molecule has 0 heterocycles. The Morgan fingerprint density at radius 3 is 2.67 bits per heavy atom. The van der Waals surface area contributed by atoms with E-state index in [1.165, 1.54) is 17.8 Å². The fourth-order valence-corrected chi connectivity index (χ4v) is 3.56. The molecule has 7 heteroatoms. The van der Waals surface area contributed by atoms with E-state index in [1.807, 2.05) is 12.3 Å². The molecule has 21 heavy (non-hydrogen) atoms. The van der Waals surface area contributed by atoms with E-state index < -0.39 is 22.4 Å². The van der Waals surface area contributed by atoms with Gasteiger partial charge in [0.2, 0.25) is 0 Å². The van der Waals surface area contributed by atoms with Gasteiger partial charge in [-0.1, -0.05) is 12.1 Å². The molecule has 0 saturated carbocycles. The van der Waals surface area contributed by atoms with Crippen molar-refractivity contribution in [1.82, 2.24) is 0 Å². The Bertz CT molecular complexity index is 748. The molecule has 0 aliphatic heterocycles. The second-order valence-electron chi connectivity index (χ2n) is 4.25. The minimum absolute atomic E-state index is 0.143. The van der Waals surface area contributed by atoms with Gasteiger partial charge in [0.05, 0.1) is 11.5 Å². The molecule has 0 aromatic heterocycles. The molecule has 0 radical (unpaired) electrons. The molecule has 2 N–H and O–H groups in total. The van der Waals surface area contributed by atoms with Gasteiger partial charge in [0, 0.05) is 10.6 Å². The van der Waals surface area contributed by atoms with E-state index in [4.69, 9.17) is 0 Å². The number of hydrogen-bond donors (Lipinski definition) is 2. The van der Waals surface area contributed by atoms with Crippen molar-refractivity contribution in [1.29, 1.82) is 0 Å². The van der Waals surface area contributed by atoms with Gasteiger partial charge in [-0.2, -0.15) is 0 Å². The highest BCUT2D eigenvalue weighted by atomic mass is 32.2. The molecule has 2 aromatic rings. The third kappa shape index (κ3) is 3.75. The van der Waals surface area contributed by atoms with Gasteiger partial charge in [0.25, 0.3) is 10.0 Å². The van der Waals surface area contributed by atoms with Crippen molar-refractivity contribution in [2.24, 2.45) is 0 Å². The average molecular weight is 327 g/mol. The number of anilines is 1. The van der Waals surface area contributed by atoms with Gasteiger partial charge in [-0.3, -0.25) is 4.72 Å². The first-order valence-corrected chi connectivity index (χ1v) is 8.73. The van der Waals surface area contributed by atoms with Crippen LogP contribution in [0.15, 0.2) is 52.3 Å². The van der Waals surface area contributed by atoms with Gasteiger partial charge in [-0.25, -0.2) is 12.8 Å². The average Bonchev–Trinajstić information content (AvgIpc) is 2.47. The minimum Gasteiger partial charge on any atom is -0.392 e. The van der Waals surface area contributed by atoms with E-state index in [1.54, 1.807) is 18.2 Å². The van der Waals surface area contributed by atoms with E-state index >= 15 is 0 Å². The number of sulfonamides is 1. The normalized spacial score (nSPS) is 11.4. The number of aliphatic hydroxyl groups is 1. The highest BCUT2D eigenvalue weighted by molar-refractivity contribution is 7.98. The largest absolute Gasteiger partial charge is 0.392 e. The topological polar surface area (TPSA) is 66.4 Å². The monoisotopic (exact) mass is 327 g/mol. The summed E-state index contributed by atoms with van der Waals surface area (Å²) in [7, 11) is -3.96. The van der Waals surface area contributed by atoms with E-state index in [2.05, 4.69) is 4.72 Å². The second-order valence-corrected chi connectivity index (χ2v) is 6.78. The van der Waals surface area contributed by atoms with Crippen LogP contribution in [0.3, 0.4) is 0 Å². The van der Waals surface area contributed by atoms with Crippen molar-refractivity contribution in [2.75, 3.05) is 11.0 Å². The van der Waals surface area contributed by atoms with E-state index in [-0.39, 0.29) is 10.5 Å². The van der Waals surface area contributed by atoms with Gasteiger partial charge >= 0.3 is 0 Å². The molecule has 0 amide bonds. The first-order chi connectivity index (χ1) is 9.96. The van der Waals surface area contributed by atoms with Gasteiger partial charge in [-0.05, 0) is 42.2 Å². The Kier molecular flexibility index (Phi) is 4.87. The quantitative estimate of drug-likeness (QED) is 0.829. The highest BCUT2D eigenvalue weighted by Gasteiger charge is 2.19. The smallest absolute Gasteiger partial charge is 0.262 e. The molecular formula is C14H14FNO3S2. The number of benzene rings is 2. The number of rotatable bonds is 5. The molecular weight excluding hydrogens is 313 g/mol. The van der Waals surface area contributed by atoms with Crippen molar-refractivity contribution in [2.45, 2.75) is 16.4 Å². The predicted molar refractivity (Wildman–Crippen MR) is 81.4 cm³/mol. The van der Waals surface area contributed by atoms with Crippen molar-refractivity contribution >= 4 is 27.5 Å². The molecule has 112 valence electrons. The zero-order chi connectivity index (χ0) is 15.5. The highest BCUT2D eigenvalue weighted by Crippen LogP contribution is 2.24. The fraction of sp³-hybridized carbons (Fsp3) is 0.143. The molecule has 0 unspecified atom stereocenters. The Labute approximate surface area is 127 Å². The van der Waals surface area contributed by atoms with Crippen LogP contribution < -0.4 is 4.72 Å². The van der Waals surface area contributed by atoms with Crippen molar-refractivity contribution < 1.29 is 17.9 Å². The summed E-state index contributed by atoms with van der Waals surface area (Å²) in [5, 5.41) is 9.20. The van der Waals surface area contributed by atoms with Crippen LogP contribution in [-0.2, 0) is 16.6 Å². The molecule has 2 aromatic carbocycles. The summed E-state index contributed by atoms with van der Waals surface area (Å²) < 4.78 is 40.4. The summed E-state index contributed by atoms with van der Waals surface area (Å²) in [5.74, 6) is -0.676. The lowest BCUT2D eigenvalue weighted by Gasteiger charge is -2.12. The first kappa shape index (κ1) is 15.8. The minimum atomic E-state index is -3.96. The van der Waals surface area contributed by atoms with E-state index in [9.17, 15) is 17.9 Å². The standard InChI is InChI=1S/C14H14FNO3S2/c1-20-13-4-2-3-12(8-13)16-21(18,19)14-7-11(15)6-5-10(14)9-17/h2-8,16-17H,9H2,1H3. The van der Waals surface area contributed by atoms with Gasteiger partial charge < -0.3 is 5.11 Å². The number of hydrogen-bond acceptors (Lipinski definition) is 4. The van der Waals surface area contributed by atoms with E-state index in [0.29, 0.717) is 5.69 Å². The summed E-state index contributed by atoms with van der Waals surface area (Å²) in [6.07, 6.45) is 1.88. The molecule has 0 fully saturated rings. The molecule has 2 rings (SSSR count). The van der Waals surface area contributed by atoms with Crippen LogP contribution in [0.2, 0.25) is 0 Å². The lowest BCUT2D eigenvalue weighted by Crippen LogP contribution is -2.15. The van der Waals surface area contributed by atoms with Gasteiger partial charge in [0.1, 0.15) is 5.82 Å². The van der Waals surface area contributed by atoms with Crippen molar-refractivity contribution in [3.8, 4) is 0 Å². The number of nitrogens with one attached hydrogen (secondary N) is 1. The summed E-state index contributed by atoms with van der Waals surface area (Å²) >= 11 is 1.48. The third-order valence-electron chi connectivity index (χ3n) is 2.81. The molecule has 0 spiro atoms. The van der Waals surface area contributed by atoms with Crippen LogP contribution in [-0.4, -0.2) is 19.8 Å². The summed E-state index contributed by atoms with van der Waals surface area (Å²) in [6.45, 7) is -0.485. The van der Waals surface area contributed by atoms with Crippen LogP contribution in [0, 0.1) is 5.82 Å². The lowest BCUT2D eigenvalue weighted by molar-refractivity contribution is 0.278. The number of halogens is 1. The Morgan fingerprint density at radius 2 is 2.00 bits per heavy atom. The zero-order valence-electron chi connectivity index (χ0n) is 11.2. The predicted octanol–water partition coefficient (Wildman–Crippen LogP) is 2.84. The molecule has 4 nitrogen and oxygen atoms in total. The Morgan fingerprint density at radius 1 is 1.24 bits per heavy atom. The zero-order valence-corrected chi connectivity index (χ0v) is 12.8. The van der Waals surface area contributed by atoms with Gasteiger partial charge in [-0.15, -0.1) is 11.8 Å². The summed E-state index contributed by atoms with van der Waals surface area (Å²) in [6, 6.07) is 10.1. The maximum absolute atomic E-state index is 13.3. The SMILES string of the molecule is CSc1cccc(NS(=O)(=O)c2cc(F)ccc2CO)c1. The lowest BCUT2D eigenvalue weighted by atomic mass is 10.2. The summed E-state index contributed by atoms with van der Waals surface area (Å²) in [5.41, 5.74) is 0.528. The molecule has 0 atom stereocenters. The van der Waals surface area contributed by atoms with Crippen LogP contribution in [0.5, 0.6) is 0 Å². The Balaban J connectivity index is 2.40. The van der Waals surface area contributed by atoms with Crippen LogP contribution in [0.4, 0.5) is 10.1 Å². The van der Waals surface area contributed by atoms with Gasteiger partial charge in [0.15, 0.2) is 0 Å².